The van der Waals surface area contributed by atoms with Crippen molar-refractivity contribution in [1.82, 2.24) is 9.47 Å². The van der Waals surface area contributed by atoms with Crippen molar-refractivity contribution in [2.45, 2.75) is 18.9 Å². The average Bonchev–Trinajstić information content (AvgIpc) is 3.19. The Balaban J connectivity index is 1.71. The second-order valence-corrected chi connectivity index (χ2v) is 9.16. The molecule has 6 nitrogen and oxygen atoms in total. The number of para-hydroxylation sites is 1. The van der Waals surface area contributed by atoms with Gasteiger partial charge in [-0.05, 0) is 43.2 Å². The fraction of sp³-hybridized carbons (Fsp3) is 0.200. The van der Waals surface area contributed by atoms with E-state index in [0.29, 0.717) is 41.0 Å². The van der Waals surface area contributed by atoms with E-state index in [9.17, 15) is 23.5 Å². The summed E-state index contributed by atoms with van der Waals surface area (Å²) in [5.41, 5.74) is 0.699. The minimum absolute atomic E-state index is 0.00582. The Hall–Kier alpha value is -3.56. The molecule has 1 saturated heterocycles. The fourth-order valence-electron chi connectivity index (χ4n) is 4.19. The fourth-order valence-corrected chi connectivity index (χ4v) is 5.43. The molecule has 2 N–H and O–H groups in total. The molecule has 2 aromatic heterocycles. The molecule has 0 aliphatic carbocycles. The lowest BCUT2D eigenvalue weighted by molar-refractivity contribution is 0.0478. The third-order valence-corrected chi connectivity index (χ3v) is 7.00. The average molecular weight is 482 g/mol. The van der Waals surface area contributed by atoms with E-state index in [1.54, 1.807) is 23.1 Å². The van der Waals surface area contributed by atoms with Crippen LogP contribution in [0.2, 0.25) is 0 Å². The number of hydrogen-bond donors (Lipinski definition) is 2. The van der Waals surface area contributed by atoms with Crippen LogP contribution >= 0.6 is 11.3 Å². The SMILES string of the molecule is O=C(c1sc2c(ccc(=O)n2-c2ccccc2)c1Nc1ccc(F)cc1F)N1CCCC(O)C1. The molecular formula is C25H21F2N3O3S. The molecule has 9 heteroatoms. The van der Waals surface area contributed by atoms with Crippen LogP contribution in [0.4, 0.5) is 20.2 Å². The summed E-state index contributed by atoms with van der Waals surface area (Å²) >= 11 is 1.12. The number of nitrogens with zero attached hydrogens (tertiary/aromatic N) is 2. The van der Waals surface area contributed by atoms with Gasteiger partial charge in [0.25, 0.3) is 11.5 Å². The quantitative estimate of drug-likeness (QED) is 0.444. The maximum Gasteiger partial charge on any atom is 0.266 e. The van der Waals surface area contributed by atoms with Crippen molar-refractivity contribution in [1.29, 1.82) is 0 Å². The highest BCUT2D eigenvalue weighted by atomic mass is 32.1. The maximum atomic E-state index is 14.5. The van der Waals surface area contributed by atoms with Crippen molar-refractivity contribution in [3.05, 3.63) is 87.5 Å². The number of aliphatic hydroxyl groups excluding tert-OH is 1. The molecule has 174 valence electrons. The van der Waals surface area contributed by atoms with Gasteiger partial charge in [0.2, 0.25) is 0 Å². The summed E-state index contributed by atoms with van der Waals surface area (Å²) in [6, 6.07) is 15.2. The maximum absolute atomic E-state index is 14.5. The van der Waals surface area contributed by atoms with Gasteiger partial charge in [0.1, 0.15) is 21.3 Å². The Morgan fingerprint density at radius 2 is 1.88 bits per heavy atom. The van der Waals surface area contributed by atoms with Crippen LogP contribution in [-0.2, 0) is 0 Å². The monoisotopic (exact) mass is 481 g/mol. The molecule has 34 heavy (non-hydrogen) atoms. The van der Waals surface area contributed by atoms with E-state index in [1.807, 2.05) is 18.2 Å². The molecule has 0 spiro atoms. The Morgan fingerprint density at radius 1 is 1.09 bits per heavy atom. The summed E-state index contributed by atoms with van der Waals surface area (Å²) < 4.78 is 29.5. The van der Waals surface area contributed by atoms with Crippen LogP contribution in [0.1, 0.15) is 22.5 Å². The molecule has 2 aromatic carbocycles. The smallest absolute Gasteiger partial charge is 0.266 e. The molecule has 1 fully saturated rings. The zero-order valence-electron chi connectivity index (χ0n) is 18.0. The number of nitrogens with one attached hydrogen (secondary N) is 1. The molecule has 0 bridgehead atoms. The van der Waals surface area contributed by atoms with Crippen LogP contribution in [0.25, 0.3) is 15.9 Å². The molecule has 1 atom stereocenters. The first-order valence-corrected chi connectivity index (χ1v) is 11.7. The number of halogens is 2. The third-order valence-electron chi connectivity index (χ3n) is 5.82. The van der Waals surface area contributed by atoms with Gasteiger partial charge in [0.05, 0.1) is 23.2 Å². The summed E-state index contributed by atoms with van der Waals surface area (Å²) in [5, 5.41) is 13.6. The van der Waals surface area contributed by atoms with Gasteiger partial charge < -0.3 is 15.3 Å². The molecule has 3 heterocycles. The summed E-state index contributed by atoms with van der Waals surface area (Å²) in [5.74, 6) is -1.84. The van der Waals surface area contributed by atoms with E-state index in [0.717, 1.165) is 23.5 Å². The van der Waals surface area contributed by atoms with Gasteiger partial charge in [0, 0.05) is 30.6 Å². The van der Waals surface area contributed by atoms with E-state index < -0.39 is 17.7 Å². The Labute approximate surface area is 197 Å². The van der Waals surface area contributed by atoms with Crippen molar-refractivity contribution in [2.24, 2.45) is 0 Å². The van der Waals surface area contributed by atoms with Crippen molar-refractivity contribution < 1.29 is 18.7 Å². The van der Waals surface area contributed by atoms with Crippen LogP contribution in [0.5, 0.6) is 0 Å². The Morgan fingerprint density at radius 3 is 2.62 bits per heavy atom. The highest BCUT2D eigenvalue weighted by Gasteiger charge is 2.29. The number of fused-ring (bicyclic) bond motifs is 1. The van der Waals surface area contributed by atoms with Crippen LogP contribution in [0, 0.1) is 11.6 Å². The highest BCUT2D eigenvalue weighted by molar-refractivity contribution is 7.21. The number of piperidine rings is 1. The number of β-amino-alcohol motifs (C(OH)–C–C–N with tert-alkyl or cyclic N) is 1. The van der Waals surface area contributed by atoms with Gasteiger partial charge in [-0.25, -0.2) is 8.78 Å². The molecule has 4 aromatic rings. The van der Waals surface area contributed by atoms with E-state index in [-0.39, 0.29) is 28.6 Å². The van der Waals surface area contributed by atoms with Gasteiger partial charge in [0.15, 0.2) is 0 Å². The minimum Gasteiger partial charge on any atom is -0.391 e. The molecule has 1 unspecified atom stereocenters. The lowest BCUT2D eigenvalue weighted by Gasteiger charge is -2.30. The number of aromatic nitrogens is 1. The number of thiophene rings is 1. The first kappa shape index (κ1) is 22.2. The lowest BCUT2D eigenvalue weighted by atomic mass is 10.1. The summed E-state index contributed by atoms with van der Waals surface area (Å²) in [6.45, 7) is 0.683. The number of pyridine rings is 1. The summed E-state index contributed by atoms with van der Waals surface area (Å²) in [6.07, 6.45) is 0.679. The topological polar surface area (TPSA) is 74.6 Å². The van der Waals surface area contributed by atoms with Gasteiger partial charge >= 0.3 is 0 Å². The van der Waals surface area contributed by atoms with Crippen molar-refractivity contribution >= 4 is 38.8 Å². The zero-order chi connectivity index (χ0) is 23.8. The minimum atomic E-state index is -0.803. The number of carbonyl (C=O) groups is 1. The predicted octanol–water partition coefficient (Wildman–Crippen LogP) is 4.67. The van der Waals surface area contributed by atoms with Gasteiger partial charge in [-0.3, -0.25) is 14.2 Å². The summed E-state index contributed by atoms with van der Waals surface area (Å²) in [4.78, 5) is 28.7. The number of aliphatic hydroxyl groups is 1. The van der Waals surface area contributed by atoms with E-state index >= 15 is 0 Å². The lowest BCUT2D eigenvalue weighted by Crippen LogP contribution is -2.42. The summed E-state index contributed by atoms with van der Waals surface area (Å²) in [7, 11) is 0. The zero-order valence-corrected chi connectivity index (χ0v) is 18.8. The van der Waals surface area contributed by atoms with Crippen LogP contribution in [-0.4, -0.2) is 39.7 Å². The molecule has 0 saturated carbocycles. The number of rotatable bonds is 4. The molecule has 0 radical (unpaired) electrons. The molecular weight excluding hydrogens is 460 g/mol. The van der Waals surface area contributed by atoms with Crippen molar-refractivity contribution in [2.75, 3.05) is 18.4 Å². The normalized spacial score (nSPS) is 16.1. The molecule has 1 amide bonds. The second-order valence-electron chi connectivity index (χ2n) is 8.16. The predicted molar refractivity (Wildman–Crippen MR) is 128 cm³/mol. The number of anilines is 2. The Kier molecular flexibility index (Phi) is 5.89. The molecule has 1 aliphatic rings. The number of carbonyl (C=O) groups excluding carboxylic acids is 1. The van der Waals surface area contributed by atoms with Crippen LogP contribution in [0.3, 0.4) is 0 Å². The second kappa shape index (κ2) is 9.00. The largest absolute Gasteiger partial charge is 0.391 e. The Bertz CT molecular complexity index is 1430. The van der Waals surface area contributed by atoms with Gasteiger partial charge in [-0.2, -0.15) is 0 Å². The number of likely N-dealkylation sites (tertiary alicyclic amines) is 1. The number of benzene rings is 2. The highest BCUT2D eigenvalue weighted by Crippen LogP contribution is 2.39. The van der Waals surface area contributed by atoms with E-state index in [1.165, 1.54) is 16.7 Å². The first-order valence-electron chi connectivity index (χ1n) is 10.9. The van der Waals surface area contributed by atoms with Crippen LogP contribution < -0.4 is 10.9 Å². The first-order chi connectivity index (χ1) is 16.4. The number of amides is 1. The number of hydrogen-bond acceptors (Lipinski definition) is 5. The van der Waals surface area contributed by atoms with Gasteiger partial charge in [-0.1, -0.05) is 18.2 Å². The van der Waals surface area contributed by atoms with E-state index in [4.69, 9.17) is 0 Å². The standard InChI is InChI=1S/C25H21F2N3O3S/c26-15-8-10-20(19(27)13-15)28-22-18-9-11-21(32)30(16-5-2-1-3-6-16)25(18)34-23(22)24(33)29-12-4-7-17(31)14-29/h1-3,5-6,8-11,13,17,28,31H,4,7,12,14H2. The van der Waals surface area contributed by atoms with Crippen molar-refractivity contribution in [3.63, 3.8) is 0 Å². The third kappa shape index (κ3) is 4.08. The van der Waals surface area contributed by atoms with Crippen LogP contribution in [0.15, 0.2) is 65.5 Å². The van der Waals surface area contributed by atoms with Crippen molar-refractivity contribution in [3.8, 4) is 5.69 Å². The molecule has 1 aliphatic heterocycles. The molecule has 5 rings (SSSR count). The van der Waals surface area contributed by atoms with Gasteiger partial charge in [-0.15, -0.1) is 11.3 Å². The van der Waals surface area contributed by atoms with E-state index in [2.05, 4.69) is 5.32 Å².